The number of hydrogen-bond acceptors (Lipinski definition) is 33. The van der Waals surface area contributed by atoms with Gasteiger partial charge in [0.1, 0.15) is 95.9 Å². The zero-order chi connectivity index (χ0) is 104. The Labute approximate surface area is 819 Å². The first-order valence-electron chi connectivity index (χ1n) is 44.8. The van der Waals surface area contributed by atoms with Gasteiger partial charge in [-0.1, -0.05) is 191 Å². The number of aliphatic hydroxyl groups is 5. The zero-order valence-corrected chi connectivity index (χ0v) is 80.6. The van der Waals surface area contributed by atoms with Crippen molar-refractivity contribution in [3.8, 4) is 48.5 Å². The Hall–Kier alpha value is -14.9. The number of anilines is 3. The van der Waals surface area contributed by atoms with E-state index in [1.807, 2.05) is 103 Å². The molecule has 42 heteroatoms. The predicted molar refractivity (Wildman–Crippen MR) is 510 cm³/mol. The fourth-order valence-electron chi connectivity index (χ4n) is 16.3. The highest BCUT2D eigenvalue weighted by Gasteiger charge is 2.71. The Balaban J connectivity index is 0.000000192. The van der Waals surface area contributed by atoms with Crippen LogP contribution in [-0.2, 0) is 68.2 Å². The number of halogens is 3. The minimum Gasteiger partial charge on any atom is -0.497 e. The number of benzene rings is 6. The van der Waals surface area contributed by atoms with Gasteiger partial charge in [0.25, 0.3) is 17.6 Å². The number of nitrogens with one attached hydrogen (secondary N) is 3. The predicted octanol–water partition coefficient (Wildman–Crippen LogP) is 11.2. The third-order valence-electron chi connectivity index (χ3n) is 23.2. The number of nitrogens with zero attached hydrogens (tertiary/aromatic N) is 12. The molecular weight excluding hydrogens is 1860 g/mol. The highest BCUT2D eigenvalue weighted by molar-refractivity contribution is 5.95. The summed E-state index contributed by atoms with van der Waals surface area (Å²) in [5.41, 5.74) is 1.80. The first-order chi connectivity index (χ1) is 67.6. The molecule has 3 saturated heterocycles. The van der Waals surface area contributed by atoms with E-state index in [1.165, 1.54) is 13.4 Å². The van der Waals surface area contributed by atoms with Crippen molar-refractivity contribution in [2.45, 2.75) is 201 Å². The van der Waals surface area contributed by atoms with Crippen LogP contribution in [0.5, 0.6) is 11.5 Å². The Morgan fingerprint density at radius 2 is 0.783 bits per heavy atom. The number of fused-ring (bicyclic) bond motifs is 3. The summed E-state index contributed by atoms with van der Waals surface area (Å²) in [4.78, 5) is 102. The molecule has 9 heterocycles. The molecule has 6 aromatic heterocycles. The van der Waals surface area contributed by atoms with E-state index in [-0.39, 0.29) is 56.9 Å². The Bertz CT molecular complexity index is 6600. The summed E-state index contributed by atoms with van der Waals surface area (Å²) in [7, 11) is 3.08. The van der Waals surface area contributed by atoms with Crippen LogP contribution in [0.2, 0.25) is 0 Å². The lowest BCUT2D eigenvalue weighted by atomic mass is 9.80. The van der Waals surface area contributed by atoms with Crippen molar-refractivity contribution in [1.29, 1.82) is 0 Å². The molecule has 3 amide bonds. The molecule has 3 aliphatic rings. The largest absolute Gasteiger partial charge is 0.497 e. The molecule has 3 aliphatic heterocycles. The van der Waals surface area contributed by atoms with Gasteiger partial charge in [0.15, 0.2) is 70.2 Å². The van der Waals surface area contributed by atoms with Crippen LogP contribution in [0.15, 0.2) is 208 Å². The van der Waals surface area contributed by atoms with Gasteiger partial charge in [-0.2, -0.15) is 0 Å². The summed E-state index contributed by atoms with van der Waals surface area (Å²) in [6.45, 7) is 18.5. The number of rotatable bonds is 27. The van der Waals surface area contributed by atoms with Gasteiger partial charge in [0.2, 0.25) is 29.0 Å². The Morgan fingerprint density at radius 3 is 1.15 bits per heavy atom. The number of alkyl halides is 3. The first-order valence-corrected chi connectivity index (χ1v) is 44.8. The molecule has 15 rings (SSSR count). The maximum absolute atomic E-state index is 18.7. The number of nitrogen functional groups attached to an aromatic ring is 1. The molecular formula is C101H110F3N17O22. The van der Waals surface area contributed by atoms with Crippen LogP contribution in [0.1, 0.15) is 142 Å². The summed E-state index contributed by atoms with van der Waals surface area (Å²) in [5, 5.41) is 64.0. The quantitative estimate of drug-likeness (QED) is 0.00989. The third-order valence-corrected chi connectivity index (χ3v) is 23.2. The van der Waals surface area contributed by atoms with Crippen LogP contribution in [0.4, 0.5) is 45.0 Å². The van der Waals surface area contributed by atoms with Crippen molar-refractivity contribution in [3.63, 3.8) is 0 Å². The highest BCUT2D eigenvalue weighted by Crippen LogP contribution is 2.54. The average Bonchev–Trinajstić information content (AvgIpc) is 1.13. The van der Waals surface area contributed by atoms with E-state index in [0.29, 0.717) is 44.9 Å². The SMILES string of the molecule is C#C[C@]1(O)[C@H](n2cnc3c(N)ncnc32)O[C@](F)(CO)[C@H]1OC(=O)[C@@H](N)C(C)C.C#C[C@]1(O)[C@H](n2cnc3c(NC(=O)OC(C)(C)C)ncnc32)O[C@](F)(COC(c2ccccc2)(c2ccccc2)c2ccc(OC)cc2)[C@H]1O.C#C[C@]1(O)[C@H](n2cnc3c(NC(=O)OC(C)(C)C)ncnc32)O[C@](F)(COC(c2ccccc2)(c2ccccc2)c2ccc(OC)cc2)[C@H]1OC(=O)[C@@H](NC(=O)OC(C)(C)C)C(C)C. The molecule has 14 atom stereocenters. The molecule has 0 aliphatic carbocycles. The van der Waals surface area contributed by atoms with Gasteiger partial charge in [0.05, 0.1) is 33.2 Å². The smallest absolute Gasteiger partial charge is 0.413 e. The van der Waals surface area contributed by atoms with Crippen molar-refractivity contribution in [3.05, 3.63) is 241 Å². The number of methoxy groups -OCH3 is 2. The standard InChI is InChI=1S/C47H53FN6O10.C37H36FN5O7.C17H21FN6O5/c1-11-45(58)39(61-38(55)34(29(2)3)52-41(56)63-43(4,5)6)46(48,62-40(45)54-28-51-35-36(49-27-50-37(35)54)53-42(57)64-44(7,8)9)26-60-47(30-18-14-12-15-19-30,31-20-16-13-17-21-31)32-22-24-33(59-10)25-23-32;1-6-35(46)31(44)36(38,49-32(35)43-23-41-28-29(39-22-40-30(28)43)42-33(45)50-34(2,3)4)21-48-37(24-13-9-7-10-14-24,25-15-11-8-12-16-25)26-17-19-27(47-5)20-18-26;1-4-16(27)14(28-13(26)9(19)8(2)3)17(18,5-25)29-15(16)24-7-23-10-11(20)21-6-22-12(10)24/h1,12-25,27-29,34,39-40,58H,26H2,2-10H3,(H,52,56)(H,49,50,53,57);1,7-20,22-23,31-32,44,46H,21H2,2-5H3,(H,39,40,42,45);1,6-9,14-15,25,27H,5,19H2,2-3H3,(H2,20,21,22)/t34-,39-,40+,45+,46+;31-,32+,35+,36+;9-,14-,15+,16+,17+/m000/s1. The number of terminal acetylenes is 3. The monoisotopic (exact) mass is 1970 g/mol. The molecule has 0 saturated carbocycles. The molecule has 0 spiro atoms. The first kappa shape index (κ1) is 105. The van der Waals surface area contributed by atoms with Gasteiger partial charge in [-0.25, -0.2) is 77.2 Å². The third kappa shape index (κ3) is 21.5. The minimum atomic E-state index is -3.27. The molecule has 12 N–H and O–H groups in total. The van der Waals surface area contributed by atoms with Crippen LogP contribution < -0.4 is 36.9 Å². The van der Waals surface area contributed by atoms with Crippen LogP contribution >= 0.6 is 0 Å². The van der Waals surface area contributed by atoms with Crippen LogP contribution in [0, 0.1) is 48.9 Å². The van der Waals surface area contributed by atoms with Gasteiger partial charge in [-0.15, -0.1) is 19.3 Å². The number of aromatic nitrogens is 12. The number of hydrogen-bond donors (Lipinski definition) is 10. The van der Waals surface area contributed by atoms with E-state index >= 15 is 13.2 Å². The second kappa shape index (κ2) is 41.7. The number of carbonyl (C=O) groups excluding carboxylic acids is 5. The summed E-state index contributed by atoms with van der Waals surface area (Å²) in [6, 6.07) is 48.1. The molecule has 3 fully saturated rings. The van der Waals surface area contributed by atoms with E-state index < -0.39 is 167 Å². The van der Waals surface area contributed by atoms with Crippen molar-refractivity contribution >= 4 is 81.2 Å². The summed E-state index contributed by atoms with van der Waals surface area (Å²) >= 11 is 0. The molecule has 39 nitrogen and oxygen atoms in total. The fourth-order valence-corrected chi connectivity index (χ4v) is 16.3. The van der Waals surface area contributed by atoms with E-state index in [1.54, 1.807) is 170 Å². The van der Waals surface area contributed by atoms with Gasteiger partial charge < -0.3 is 99.2 Å². The van der Waals surface area contributed by atoms with Crippen molar-refractivity contribution in [2.75, 3.05) is 50.4 Å². The second-order valence-corrected chi connectivity index (χ2v) is 37.3. The van der Waals surface area contributed by atoms with Gasteiger partial charge >= 0.3 is 30.2 Å². The minimum absolute atomic E-state index is 0.00871. The maximum Gasteiger partial charge on any atom is 0.413 e. The number of alkyl carbamates (subject to hydrolysis) is 1. The molecule has 143 heavy (non-hydrogen) atoms. The number of nitrogens with two attached hydrogens (primary N) is 2. The van der Waals surface area contributed by atoms with Crippen LogP contribution in [0.3, 0.4) is 0 Å². The van der Waals surface area contributed by atoms with E-state index in [0.717, 1.165) is 45.3 Å². The van der Waals surface area contributed by atoms with Crippen molar-refractivity contribution in [1.82, 2.24) is 63.9 Å². The average molecular weight is 1970 g/mol. The van der Waals surface area contributed by atoms with Gasteiger partial charge in [0, 0.05) is 0 Å². The van der Waals surface area contributed by atoms with Gasteiger partial charge in [-0.05, 0) is 132 Å². The number of esters is 2. The van der Waals surface area contributed by atoms with Crippen LogP contribution in [0.25, 0.3) is 33.5 Å². The number of aliphatic hydroxyl groups excluding tert-OH is 2. The maximum atomic E-state index is 18.7. The highest BCUT2D eigenvalue weighted by atomic mass is 19.2. The van der Waals surface area contributed by atoms with E-state index in [9.17, 15) is 49.5 Å². The van der Waals surface area contributed by atoms with E-state index in [4.69, 9.17) is 87.6 Å². The molecule has 752 valence electrons. The Kier molecular flexibility index (Phi) is 30.8. The lowest BCUT2D eigenvalue weighted by Gasteiger charge is -2.39. The molecule has 12 aromatic rings. The van der Waals surface area contributed by atoms with E-state index in [2.05, 4.69) is 72.6 Å². The second-order valence-electron chi connectivity index (χ2n) is 37.3. The normalized spacial score (nSPS) is 23.1. The fraction of sp³-hybridized carbons (Fsp3) is 0.386. The number of amides is 3. The summed E-state index contributed by atoms with van der Waals surface area (Å²) in [6.07, 6.45) is 9.55. The lowest BCUT2D eigenvalue weighted by Crippen LogP contribution is -2.56. The van der Waals surface area contributed by atoms with Crippen molar-refractivity contribution < 1.29 is 120 Å². The number of ether oxygens (including phenoxy) is 12. The summed E-state index contributed by atoms with van der Waals surface area (Å²) in [5.74, 6) is -5.06. The zero-order valence-electron chi connectivity index (χ0n) is 80.6. The van der Waals surface area contributed by atoms with Gasteiger partial charge in [-0.3, -0.25) is 29.1 Å². The molecule has 0 bridgehead atoms. The number of imidazole rings is 3. The van der Waals surface area contributed by atoms with Crippen LogP contribution in [-0.4, -0.2) is 230 Å². The molecule has 0 radical (unpaired) electrons. The van der Waals surface area contributed by atoms with Crippen molar-refractivity contribution in [2.24, 2.45) is 17.6 Å². The topological polar surface area (TPSA) is 516 Å². The number of carbonyl (C=O) groups is 5. The Morgan fingerprint density at radius 1 is 0.455 bits per heavy atom. The lowest BCUT2D eigenvalue weighted by molar-refractivity contribution is -0.235. The molecule has 0 unspecified atom stereocenters. The molecule has 6 aromatic carbocycles. The summed E-state index contributed by atoms with van der Waals surface area (Å²) < 4.78 is 123.